The number of esters is 1. The number of ether oxygens (including phenoxy) is 2. The molecule has 90 valence electrons. The zero-order valence-corrected chi connectivity index (χ0v) is 10.4. The number of hydrogen-bond acceptors (Lipinski definition) is 3. The molecule has 0 atom stereocenters. The van der Waals surface area contributed by atoms with E-state index in [0.717, 1.165) is 6.42 Å². The maximum absolute atomic E-state index is 11.4. The molecule has 1 aromatic rings. The zero-order chi connectivity index (χ0) is 12.4. The van der Waals surface area contributed by atoms with Gasteiger partial charge in [-0.15, -0.1) is 0 Å². The fourth-order valence-corrected chi connectivity index (χ4v) is 1.03. The molecule has 3 heteroatoms. The third-order valence-corrected chi connectivity index (χ3v) is 1.74. The van der Waals surface area contributed by atoms with Gasteiger partial charge in [0, 0.05) is 0 Å². The SMILES string of the molecule is CC.CCCOC(=O)c1cccc(OC)c1. The van der Waals surface area contributed by atoms with Crippen LogP contribution >= 0.6 is 0 Å². The molecule has 0 aliphatic heterocycles. The summed E-state index contributed by atoms with van der Waals surface area (Å²) >= 11 is 0. The van der Waals surface area contributed by atoms with E-state index in [1.165, 1.54) is 0 Å². The summed E-state index contributed by atoms with van der Waals surface area (Å²) in [5.41, 5.74) is 0.526. The lowest BCUT2D eigenvalue weighted by molar-refractivity contribution is 0.0504. The third-order valence-electron chi connectivity index (χ3n) is 1.74. The Morgan fingerprint density at radius 3 is 2.56 bits per heavy atom. The Morgan fingerprint density at radius 1 is 1.31 bits per heavy atom. The van der Waals surface area contributed by atoms with Crippen molar-refractivity contribution in [3.63, 3.8) is 0 Å². The summed E-state index contributed by atoms with van der Waals surface area (Å²) in [7, 11) is 1.57. The van der Waals surface area contributed by atoms with Gasteiger partial charge in [0.1, 0.15) is 5.75 Å². The zero-order valence-electron chi connectivity index (χ0n) is 10.4. The molecular formula is C13H20O3. The lowest BCUT2D eigenvalue weighted by atomic mass is 10.2. The Hall–Kier alpha value is -1.51. The van der Waals surface area contributed by atoms with Crippen molar-refractivity contribution < 1.29 is 14.3 Å². The first-order chi connectivity index (χ1) is 7.77. The maximum Gasteiger partial charge on any atom is 0.338 e. The van der Waals surface area contributed by atoms with E-state index in [9.17, 15) is 4.79 Å². The second-order valence-corrected chi connectivity index (χ2v) is 2.87. The molecule has 0 amide bonds. The summed E-state index contributed by atoms with van der Waals surface area (Å²) in [5.74, 6) is 0.363. The Kier molecular flexibility index (Phi) is 7.94. The number of benzene rings is 1. The monoisotopic (exact) mass is 224 g/mol. The molecule has 0 radical (unpaired) electrons. The molecular weight excluding hydrogens is 204 g/mol. The summed E-state index contributed by atoms with van der Waals surface area (Å²) in [6.07, 6.45) is 0.829. The fourth-order valence-electron chi connectivity index (χ4n) is 1.03. The van der Waals surface area contributed by atoms with Crippen molar-refractivity contribution in [2.24, 2.45) is 0 Å². The Bertz CT molecular complexity index is 308. The highest BCUT2D eigenvalue weighted by molar-refractivity contribution is 5.89. The summed E-state index contributed by atoms with van der Waals surface area (Å²) in [4.78, 5) is 11.4. The van der Waals surface area contributed by atoms with Gasteiger partial charge in [0.05, 0.1) is 19.3 Å². The van der Waals surface area contributed by atoms with Crippen LogP contribution in [0.25, 0.3) is 0 Å². The van der Waals surface area contributed by atoms with Crippen molar-refractivity contribution in [2.75, 3.05) is 13.7 Å². The first-order valence-electron chi connectivity index (χ1n) is 5.59. The predicted molar refractivity (Wildman–Crippen MR) is 64.9 cm³/mol. The number of carbonyl (C=O) groups is 1. The Morgan fingerprint density at radius 2 is 2.00 bits per heavy atom. The van der Waals surface area contributed by atoms with E-state index in [0.29, 0.717) is 17.9 Å². The third kappa shape index (κ3) is 4.82. The van der Waals surface area contributed by atoms with Crippen molar-refractivity contribution in [1.82, 2.24) is 0 Å². The van der Waals surface area contributed by atoms with Gasteiger partial charge in [0.15, 0.2) is 0 Å². The highest BCUT2D eigenvalue weighted by atomic mass is 16.5. The molecule has 0 aliphatic rings. The van der Waals surface area contributed by atoms with E-state index in [-0.39, 0.29) is 5.97 Å². The number of rotatable bonds is 4. The van der Waals surface area contributed by atoms with E-state index in [1.54, 1.807) is 31.4 Å². The van der Waals surface area contributed by atoms with E-state index >= 15 is 0 Å². The van der Waals surface area contributed by atoms with E-state index in [1.807, 2.05) is 20.8 Å². The number of methoxy groups -OCH3 is 1. The quantitative estimate of drug-likeness (QED) is 0.736. The summed E-state index contributed by atoms with van der Waals surface area (Å²) in [6, 6.07) is 6.93. The minimum Gasteiger partial charge on any atom is -0.497 e. The highest BCUT2D eigenvalue weighted by Crippen LogP contribution is 2.13. The van der Waals surface area contributed by atoms with E-state index in [4.69, 9.17) is 9.47 Å². The average molecular weight is 224 g/mol. The van der Waals surface area contributed by atoms with Gasteiger partial charge >= 0.3 is 5.97 Å². The topological polar surface area (TPSA) is 35.5 Å². The minimum absolute atomic E-state index is 0.300. The van der Waals surface area contributed by atoms with Gasteiger partial charge in [-0.05, 0) is 24.6 Å². The minimum atomic E-state index is -0.300. The van der Waals surface area contributed by atoms with Crippen LogP contribution in [0, 0.1) is 0 Å². The van der Waals surface area contributed by atoms with Crippen molar-refractivity contribution in [3.05, 3.63) is 29.8 Å². The highest BCUT2D eigenvalue weighted by Gasteiger charge is 2.06. The van der Waals surface area contributed by atoms with Gasteiger partial charge in [-0.3, -0.25) is 0 Å². The molecule has 1 rings (SSSR count). The van der Waals surface area contributed by atoms with E-state index in [2.05, 4.69) is 0 Å². The summed E-state index contributed by atoms with van der Waals surface area (Å²) in [6.45, 7) is 6.41. The van der Waals surface area contributed by atoms with Gasteiger partial charge in [0.2, 0.25) is 0 Å². The van der Waals surface area contributed by atoms with Crippen LogP contribution in [0.3, 0.4) is 0 Å². The van der Waals surface area contributed by atoms with Crippen LogP contribution in [0.2, 0.25) is 0 Å². The van der Waals surface area contributed by atoms with Crippen LogP contribution in [-0.2, 0) is 4.74 Å². The molecule has 0 fully saturated rings. The van der Waals surface area contributed by atoms with Crippen LogP contribution in [-0.4, -0.2) is 19.7 Å². The fraction of sp³-hybridized carbons (Fsp3) is 0.462. The Balaban J connectivity index is 0.00000106. The first-order valence-corrected chi connectivity index (χ1v) is 5.59. The van der Waals surface area contributed by atoms with Gasteiger partial charge in [-0.1, -0.05) is 26.8 Å². The average Bonchev–Trinajstić information content (AvgIpc) is 2.38. The van der Waals surface area contributed by atoms with Crippen LogP contribution in [0.1, 0.15) is 37.6 Å². The van der Waals surface area contributed by atoms with Crippen molar-refractivity contribution in [3.8, 4) is 5.75 Å². The predicted octanol–water partition coefficient (Wildman–Crippen LogP) is 3.29. The molecule has 0 saturated heterocycles. The summed E-state index contributed by atoms with van der Waals surface area (Å²) < 4.78 is 9.98. The lowest BCUT2D eigenvalue weighted by Crippen LogP contribution is -2.05. The first kappa shape index (κ1) is 14.5. The second-order valence-electron chi connectivity index (χ2n) is 2.87. The van der Waals surface area contributed by atoms with Gasteiger partial charge in [-0.2, -0.15) is 0 Å². The van der Waals surface area contributed by atoms with Crippen LogP contribution in [0.4, 0.5) is 0 Å². The molecule has 0 saturated carbocycles. The molecule has 0 unspecified atom stereocenters. The molecule has 0 N–H and O–H groups in total. The van der Waals surface area contributed by atoms with Crippen LogP contribution < -0.4 is 4.74 Å². The lowest BCUT2D eigenvalue weighted by Gasteiger charge is -2.04. The normalized spacial score (nSPS) is 8.75. The molecule has 0 aromatic heterocycles. The molecule has 16 heavy (non-hydrogen) atoms. The van der Waals surface area contributed by atoms with Crippen molar-refractivity contribution in [1.29, 1.82) is 0 Å². The molecule has 3 nitrogen and oxygen atoms in total. The van der Waals surface area contributed by atoms with Crippen LogP contribution in [0.5, 0.6) is 5.75 Å². The molecule has 0 spiro atoms. The number of hydrogen-bond donors (Lipinski definition) is 0. The molecule has 1 aromatic carbocycles. The van der Waals surface area contributed by atoms with Gasteiger partial charge in [-0.25, -0.2) is 4.79 Å². The van der Waals surface area contributed by atoms with Gasteiger partial charge < -0.3 is 9.47 Å². The van der Waals surface area contributed by atoms with Crippen molar-refractivity contribution in [2.45, 2.75) is 27.2 Å². The van der Waals surface area contributed by atoms with E-state index < -0.39 is 0 Å². The Labute approximate surface area is 97.4 Å². The second kappa shape index (κ2) is 8.77. The van der Waals surface area contributed by atoms with Crippen molar-refractivity contribution >= 4 is 5.97 Å². The standard InChI is InChI=1S/C11H14O3.C2H6/c1-3-7-14-11(12)9-5-4-6-10(8-9)13-2;1-2/h4-6,8H,3,7H2,1-2H3;1-2H3. The number of carbonyl (C=O) groups excluding carboxylic acids is 1. The largest absolute Gasteiger partial charge is 0.497 e. The van der Waals surface area contributed by atoms with Crippen LogP contribution in [0.15, 0.2) is 24.3 Å². The molecule has 0 heterocycles. The smallest absolute Gasteiger partial charge is 0.338 e. The molecule has 0 aliphatic carbocycles. The van der Waals surface area contributed by atoms with Gasteiger partial charge in [0.25, 0.3) is 0 Å². The molecule has 0 bridgehead atoms. The summed E-state index contributed by atoms with van der Waals surface area (Å²) in [5, 5.41) is 0. The maximum atomic E-state index is 11.4.